The number of carboxylic acid groups (broad SMARTS) is 1. The third kappa shape index (κ3) is 1.63. The molecule has 1 saturated heterocycles. The van der Waals surface area contributed by atoms with Gasteiger partial charge in [-0.15, -0.1) is 11.3 Å². The Hall–Kier alpha value is -1.72. The topological polar surface area (TPSA) is 59.4 Å². The molecule has 1 aliphatic heterocycles. The molecule has 0 amide bonds. The zero-order valence-electron chi connectivity index (χ0n) is 9.50. The van der Waals surface area contributed by atoms with Crippen LogP contribution < -0.4 is 0 Å². The van der Waals surface area contributed by atoms with Crippen molar-refractivity contribution in [3.8, 4) is 11.3 Å². The minimum Gasteiger partial charge on any atom is -0.480 e. The molecule has 1 fully saturated rings. The number of carbonyl (C=O) groups is 1. The molecule has 92 valence electrons. The average Bonchev–Trinajstić information content (AvgIpc) is 2.78. The predicted molar refractivity (Wildman–Crippen MR) is 67.7 cm³/mol. The molecule has 0 unspecified atom stereocenters. The van der Waals surface area contributed by atoms with Crippen molar-refractivity contribution < 1.29 is 14.6 Å². The van der Waals surface area contributed by atoms with Gasteiger partial charge in [0.2, 0.25) is 0 Å². The zero-order chi connectivity index (χ0) is 12.6. The van der Waals surface area contributed by atoms with Crippen molar-refractivity contribution in [2.45, 2.75) is 5.41 Å². The minimum absolute atomic E-state index is 0.212. The number of hydrogen-bond acceptors (Lipinski definition) is 4. The lowest BCUT2D eigenvalue weighted by atomic mass is 9.87. The van der Waals surface area contributed by atoms with E-state index in [-0.39, 0.29) is 13.2 Å². The number of benzene rings is 1. The molecule has 0 atom stereocenters. The Morgan fingerprint density at radius 2 is 2.06 bits per heavy atom. The highest BCUT2D eigenvalue weighted by molar-refractivity contribution is 7.10. The Kier molecular flexibility index (Phi) is 2.65. The van der Waals surface area contributed by atoms with Gasteiger partial charge >= 0.3 is 5.97 Å². The predicted octanol–water partition coefficient (Wildman–Crippen LogP) is 2.16. The van der Waals surface area contributed by atoms with Crippen LogP contribution in [0, 0.1) is 0 Å². The van der Waals surface area contributed by atoms with Gasteiger partial charge in [-0.2, -0.15) is 0 Å². The molecule has 2 heterocycles. The summed E-state index contributed by atoms with van der Waals surface area (Å²) in [5, 5.41) is 11.8. The minimum atomic E-state index is -0.933. The van der Waals surface area contributed by atoms with Gasteiger partial charge in [0.15, 0.2) is 5.41 Å². The zero-order valence-corrected chi connectivity index (χ0v) is 10.3. The Balaban J connectivity index is 1.97. The maximum atomic E-state index is 11.3. The molecular formula is C13H11NO3S. The molecule has 18 heavy (non-hydrogen) atoms. The molecular weight excluding hydrogens is 250 g/mol. The van der Waals surface area contributed by atoms with E-state index in [1.807, 2.05) is 35.7 Å². The molecule has 5 heteroatoms. The van der Waals surface area contributed by atoms with Crippen LogP contribution in [-0.4, -0.2) is 29.3 Å². The first-order chi connectivity index (χ1) is 8.72. The molecule has 1 aromatic heterocycles. The van der Waals surface area contributed by atoms with E-state index in [0.717, 1.165) is 11.3 Å². The van der Waals surface area contributed by atoms with E-state index < -0.39 is 11.4 Å². The highest BCUT2D eigenvalue weighted by Gasteiger charge is 2.50. The molecule has 1 aromatic carbocycles. The lowest BCUT2D eigenvalue weighted by Gasteiger charge is -2.35. The standard InChI is InChI=1S/C13H11NO3S/c15-12(16)13(7-17-8-13)11-14-10(6-18-11)9-4-2-1-3-5-9/h1-6H,7-8H2,(H,15,16). The number of aromatic nitrogens is 1. The summed E-state index contributed by atoms with van der Waals surface area (Å²) in [6.45, 7) is 0.425. The van der Waals surface area contributed by atoms with Gasteiger partial charge in [-0.1, -0.05) is 30.3 Å². The van der Waals surface area contributed by atoms with Gasteiger partial charge in [0.05, 0.1) is 18.9 Å². The fraction of sp³-hybridized carbons (Fsp3) is 0.231. The van der Waals surface area contributed by atoms with E-state index in [2.05, 4.69) is 4.98 Å². The molecule has 1 aliphatic rings. The number of hydrogen-bond donors (Lipinski definition) is 1. The first kappa shape index (κ1) is 11.4. The summed E-state index contributed by atoms with van der Waals surface area (Å²) in [6, 6.07) is 9.74. The lowest BCUT2D eigenvalue weighted by Crippen LogP contribution is -2.53. The normalized spacial score (nSPS) is 17.1. The van der Waals surface area contributed by atoms with Crippen molar-refractivity contribution in [3.05, 3.63) is 40.7 Å². The van der Waals surface area contributed by atoms with Crippen molar-refractivity contribution in [3.63, 3.8) is 0 Å². The molecule has 3 rings (SSSR count). The van der Waals surface area contributed by atoms with E-state index in [4.69, 9.17) is 4.74 Å². The summed E-state index contributed by atoms with van der Waals surface area (Å²) in [5.74, 6) is -0.859. The largest absolute Gasteiger partial charge is 0.480 e. The fourth-order valence-electron chi connectivity index (χ4n) is 1.88. The highest BCUT2D eigenvalue weighted by Crippen LogP contribution is 2.36. The monoisotopic (exact) mass is 261 g/mol. The number of aliphatic carboxylic acids is 1. The maximum Gasteiger partial charge on any atom is 0.321 e. The van der Waals surface area contributed by atoms with Gasteiger partial charge < -0.3 is 9.84 Å². The van der Waals surface area contributed by atoms with Gasteiger partial charge in [0, 0.05) is 10.9 Å². The van der Waals surface area contributed by atoms with Crippen LogP contribution in [0.3, 0.4) is 0 Å². The smallest absolute Gasteiger partial charge is 0.321 e. The second-order valence-corrected chi connectivity index (χ2v) is 5.14. The van der Waals surface area contributed by atoms with Crippen LogP contribution in [0.25, 0.3) is 11.3 Å². The van der Waals surface area contributed by atoms with Gasteiger partial charge in [-0.25, -0.2) is 4.98 Å². The van der Waals surface area contributed by atoms with E-state index >= 15 is 0 Å². The number of carboxylic acids is 1. The first-order valence-electron chi connectivity index (χ1n) is 5.55. The number of thiazole rings is 1. The fourth-order valence-corrected chi connectivity index (χ4v) is 2.87. The maximum absolute atomic E-state index is 11.3. The summed E-state index contributed by atoms with van der Waals surface area (Å²) in [5.41, 5.74) is 0.890. The van der Waals surface area contributed by atoms with Crippen LogP contribution in [-0.2, 0) is 14.9 Å². The summed E-state index contributed by atoms with van der Waals surface area (Å²) in [7, 11) is 0. The SMILES string of the molecule is O=C(O)C1(c2nc(-c3ccccc3)cs2)COC1. The Labute approximate surface area is 108 Å². The van der Waals surface area contributed by atoms with Crippen LogP contribution >= 0.6 is 11.3 Å². The lowest BCUT2D eigenvalue weighted by molar-refractivity contribution is -0.163. The van der Waals surface area contributed by atoms with Crippen LogP contribution in [0.4, 0.5) is 0 Å². The summed E-state index contributed by atoms with van der Waals surface area (Å²) in [4.78, 5) is 15.8. The first-order valence-corrected chi connectivity index (χ1v) is 6.43. The molecule has 0 spiro atoms. The van der Waals surface area contributed by atoms with Gasteiger partial charge in [0.1, 0.15) is 5.01 Å². The van der Waals surface area contributed by atoms with Crippen LogP contribution in [0.2, 0.25) is 0 Å². The van der Waals surface area contributed by atoms with E-state index in [1.54, 1.807) is 0 Å². The second-order valence-electron chi connectivity index (χ2n) is 4.28. The molecule has 0 saturated carbocycles. The van der Waals surface area contributed by atoms with Crippen molar-refractivity contribution in [2.75, 3.05) is 13.2 Å². The second kappa shape index (κ2) is 4.19. The summed E-state index contributed by atoms with van der Waals surface area (Å²) in [6.07, 6.45) is 0. The van der Waals surface area contributed by atoms with Gasteiger partial charge in [-0.3, -0.25) is 4.79 Å². The average molecular weight is 261 g/mol. The quantitative estimate of drug-likeness (QED) is 0.919. The summed E-state index contributed by atoms with van der Waals surface area (Å²) < 4.78 is 5.05. The van der Waals surface area contributed by atoms with Crippen LogP contribution in [0.15, 0.2) is 35.7 Å². The number of ether oxygens (including phenoxy) is 1. The van der Waals surface area contributed by atoms with E-state index in [0.29, 0.717) is 5.01 Å². The van der Waals surface area contributed by atoms with Crippen molar-refractivity contribution in [1.82, 2.24) is 4.98 Å². The molecule has 1 N–H and O–H groups in total. The third-order valence-corrected chi connectivity index (χ3v) is 4.14. The Morgan fingerprint density at radius 1 is 1.33 bits per heavy atom. The van der Waals surface area contributed by atoms with E-state index in [1.165, 1.54) is 11.3 Å². The van der Waals surface area contributed by atoms with Gasteiger partial charge in [-0.05, 0) is 0 Å². The molecule has 0 bridgehead atoms. The van der Waals surface area contributed by atoms with Crippen molar-refractivity contribution in [2.24, 2.45) is 0 Å². The third-order valence-electron chi connectivity index (χ3n) is 3.09. The van der Waals surface area contributed by atoms with Crippen molar-refractivity contribution >= 4 is 17.3 Å². The van der Waals surface area contributed by atoms with Crippen LogP contribution in [0.5, 0.6) is 0 Å². The molecule has 0 radical (unpaired) electrons. The van der Waals surface area contributed by atoms with Crippen LogP contribution in [0.1, 0.15) is 5.01 Å². The molecule has 0 aliphatic carbocycles. The number of rotatable bonds is 3. The Bertz CT molecular complexity index is 575. The highest BCUT2D eigenvalue weighted by atomic mass is 32.1. The Morgan fingerprint density at radius 3 is 2.61 bits per heavy atom. The number of nitrogens with zero attached hydrogens (tertiary/aromatic N) is 1. The summed E-state index contributed by atoms with van der Waals surface area (Å²) >= 11 is 1.38. The van der Waals surface area contributed by atoms with Gasteiger partial charge in [0.25, 0.3) is 0 Å². The molecule has 2 aromatic rings. The van der Waals surface area contributed by atoms with Crippen molar-refractivity contribution in [1.29, 1.82) is 0 Å². The van der Waals surface area contributed by atoms with E-state index in [9.17, 15) is 9.90 Å². The molecule has 4 nitrogen and oxygen atoms in total.